The molecule has 28 heavy (non-hydrogen) atoms. The Balaban J connectivity index is 1.52. The van der Waals surface area contributed by atoms with E-state index < -0.39 is 0 Å². The van der Waals surface area contributed by atoms with Gasteiger partial charge in [0.15, 0.2) is 0 Å². The smallest absolute Gasteiger partial charge is 0.238 e. The fourth-order valence-corrected chi connectivity index (χ4v) is 3.45. The Kier molecular flexibility index (Phi) is 6.75. The van der Waals surface area contributed by atoms with Crippen LogP contribution in [-0.4, -0.2) is 50.1 Å². The molecule has 6 nitrogen and oxygen atoms in total. The highest BCUT2D eigenvalue weighted by Crippen LogP contribution is 2.28. The van der Waals surface area contributed by atoms with Gasteiger partial charge >= 0.3 is 0 Å². The number of nitriles is 1. The van der Waals surface area contributed by atoms with Crippen LogP contribution in [0.25, 0.3) is 0 Å². The van der Waals surface area contributed by atoms with Crippen molar-refractivity contribution < 1.29 is 9.53 Å². The maximum atomic E-state index is 12.3. The standard InChI is InChI=1S/C21H23ClN4O2/c1-2-28-20-6-4-3-5-19(20)26-11-9-25(10-12-26)15-21(27)24-17-8-7-16(14-23)18(22)13-17/h3-8,13H,2,9-12,15H2,1H3,(H,24,27). The molecule has 0 atom stereocenters. The topological polar surface area (TPSA) is 68.6 Å². The second-order valence-electron chi connectivity index (χ2n) is 6.52. The van der Waals surface area contributed by atoms with Crippen LogP contribution in [0.2, 0.25) is 5.02 Å². The van der Waals surface area contributed by atoms with E-state index in [9.17, 15) is 4.79 Å². The molecule has 0 radical (unpaired) electrons. The Morgan fingerprint density at radius 2 is 1.96 bits per heavy atom. The number of rotatable bonds is 6. The molecular weight excluding hydrogens is 376 g/mol. The molecule has 0 unspecified atom stereocenters. The van der Waals surface area contributed by atoms with Crippen molar-refractivity contribution in [3.63, 3.8) is 0 Å². The van der Waals surface area contributed by atoms with Crippen molar-refractivity contribution in [2.45, 2.75) is 6.92 Å². The third-order valence-electron chi connectivity index (χ3n) is 4.62. The van der Waals surface area contributed by atoms with E-state index >= 15 is 0 Å². The fourth-order valence-electron chi connectivity index (χ4n) is 3.23. The van der Waals surface area contributed by atoms with Crippen LogP contribution < -0.4 is 15.0 Å². The summed E-state index contributed by atoms with van der Waals surface area (Å²) in [5, 5.41) is 12.1. The highest BCUT2D eigenvalue weighted by atomic mass is 35.5. The molecule has 1 amide bonds. The van der Waals surface area contributed by atoms with Crippen molar-refractivity contribution in [2.24, 2.45) is 0 Å². The molecule has 2 aromatic rings. The van der Waals surface area contributed by atoms with Crippen LogP contribution in [0.1, 0.15) is 12.5 Å². The molecule has 0 aliphatic carbocycles. The first-order valence-corrected chi connectivity index (χ1v) is 9.67. The predicted molar refractivity (Wildman–Crippen MR) is 111 cm³/mol. The van der Waals surface area contributed by atoms with E-state index in [0.717, 1.165) is 37.6 Å². The van der Waals surface area contributed by atoms with Crippen LogP contribution in [0, 0.1) is 11.3 Å². The van der Waals surface area contributed by atoms with Gasteiger partial charge in [-0.25, -0.2) is 0 Å². The third-order valence-corrected chi connectivity index (χ3v) is 4.93. The average molecular weight is 399 g/mol. The fraction of sp³-hybridized carbons (Fsp3) is 0.333. The Labute approximate surface area is 170 Å². The molecule has 1 aliphatic rings. The van der Waals surface area contributed by atoms with Crippen LogP contribution >= 0.6 is 11.6 Å². The van der Waals surface area contributed by atoms with Gasteiger partial charge < -0.3 is 15.0 Å². The van der Waals surface area contributed by atoms with Gasteiger partial charge in [0.25, 0.3) is 0 Å². The van der Waals surface area contributed by atoms with E-state index in [1.807, 2.05) is 31.2 Å². The van der Waals surface area contributed by atoms with Gasteiger partial charge in [0.1, 0.15) is 11.8 Å². The Morgan fingerprint density at radius 3 is 2.64 bits per heavy atom. The van der Waals surface area contributed by atoms with Gasteiger partial charge in [-0.15, -0.1) is 0 Å². The number of piperazine rings is 1. The lowest BCUT2D eigenvalue weighted by molar-refractivity contribution is -0.117. The van der Waals surface area contributed by atoms with E-state index in [-0.39, 0.29) is 5.91 Å². The van der Waals surface area contributed by atoms with Gasteiger partial charge in [0, 0.05) is 31.9 Å². The number of benzene rings is 2. The Hall–Kier alpha value is -2.75. The zero-order valence-electron chi connectivity index (χ0n) is 15.8. The highest BCUT2D eigenvalue weighted by molar-refractivity contribution is 6.32. The molecule has 146 valence electrons. The lowest BCUT2D eigenvalue weighted by Crippen LogP contribution is -2.48. The zero-order chi connectivity index (χ0) is 19.9. The second-order valence-corrected chi connectivity index (χ2v) is 6.93. The van der Waals surface area contributed by atoms with Crippen molar-refractivity contribution in [1.82, 2.24) is 4.90 Å². The maximum Gasteiger partial charge on any atom is 0.238 e. The van der Waals surface area contributed by atoms with Gasteiger partial charge in [-0.2, -0.15) is 5.26 Å². The van der Waals surface area contributed by atoms with Crippen LogP contribution in [0.5, 0.6) is 5.75 Å². The number of carbonyl (C=O) groups excluding carboxylic acids is 1. The molecule has 1 N–H and O–H groups in total. The summed E-state index contributed by atoms with van der Waals surface area (Å²) < 4.78 is 5.72. The number of amides is 1. The van der Waals surface area contributed by atoms with Crippen molar-refractivity contribution in [3.8, 4) is 11.8 Å². The second kappa shape index (κ2) is 9.45. The third kappa shape index (κ3) is 4.94. The van der Waals surface area contributed by atoms with Crippen molar-refractivity contribution in [1.29, 1.82) is 5.26 Å². The van der Waals surface area contributed by atoms with Crippen molar-refractivity contribution in [2.75, 3.05) is 49.5 Å². The van der Waals surface area contributed by atoms with Gasteiger partial charge in [0.05, 0.1) is 29.4 Å². The summed E-state index contributed by atoms with van der Waals surface area (Å²) in [4.78, 5) is 16.8. The summed E-state index contributed by atoms with van der Waals surface area (Å²) in [6.45, 7) is 6.19. The molecule has 1 fully saturated rings. The quantitative estimate of drug-likeness (QED) is 0.807. The largest absolute Gasteiger partial charge is 0.492 e. The molecule has 2 aromatic carbocycles. The van der Waals surface area contributed by atoms with E-state index in [0.29, 0.717) is 29.4 Å². The molecule has 1 heterocycles. The number of carbonyl (C=O) groups is 1. The van der Waals surface area contributed by atoms with E-state index in [1.54, 1.807) is 18.2 Å². The van der Waals surface area contributed by atoms with Crippen LogP contribution in [0.3, 0.4) is 0 Å². The highest BCUT2D eigenvalue weighted by Gasteiger charge is 2.21. The number of ether oxygens (including phenoxy) is 1. The van der Waals surface area contributed by atoms with E-state index in [1.165, 1.54) is 0 Å². The van der Waals surface area contributed by atoms with Crippen LogP contribution in [0.4, 0.5) is 11.4 Å². The number of hydrogen-bond acceptors (Lipinski definition) is 5. The van der Waals surface area contributed by atoms with Gasteiger partial charge in [0.2, 0.25) is 5.91 Å². The first-order chi connectivity index (χ1) is 13.6. The maximum absolute atomic E-state index is 12.3. The molecule has 7 heteroatoms. The number of hydrogen-bond donors (Lipinski definition) is 1. The minimum absolute atomic E-state index is 0.0936. The molecular formula is C21H23ClN4O2. The van der Waals surface area contributed by atoms with Gasteiger partial charge in [-0.3, -0.25) is 9.69 Å². The number of anilines is 2. The minimum Gasteiger partial charge on any atom is -0.492 e. The predicted octanol–water partition coefficient (Wildman–Crippen LogP) is 3.37. The molecule has 0 aromatic heterocycles. The molecule has 0 bridgehead atoms. The Bertz CT molecular complexity index is 873. The molecule has 0 spiro atoms. The lowest BCUT2D eigenvalue weighted by Gasteiger charge is -2.36. The molecule has 0 saturated carbocycles. The zero-order valence-corrected chi connectivity index (χ0v) is 16.6. The van der Waals surface area contributed by atoms with E-state index in [2.05, 4.69) is 21.2 Å². The molecule has 1 saturated heterocycles. The summed E-state index contributed by atoms with van der Waals surface area (Å²) in [5.74, 6) is 0.804. The van der Waals surface area contributed by atoms with Crippen LogP contribution in [0.15, 0.2) is 42.5 Å². The minimum atomic E-state index is -0.0936. The molecule has 1 aliphatic heterocycles. The van der Waals surface area contributed by atoms with E-state index in [4.69, 9.17) is 21.6 Å². The van der Waals surface area contributed by atoms with Crippen molar-refractivity contribution in [3.05, 3.63) is 53.1 Å². The summed E-state index contributed by atoms with van der Waals surface area (Å²) in [5.41, 5.74) is 2.09. The summed E-state index contributed by atoms with van der Waals surface area (Å²) in [6.07, 6.45) is 0. The monoisotopic (exact) mass is 398 g/mol. The van der Waals surface area contributed by atoms with Crippen LogP contribution in [-0.2, 0) is 4.79 Å². The SMILES string of the molecule is CCOc1ccccc1N1CCN(CC(=O)Nc2ccc(C#N)c(Cl)c2)CC1. The number of nitrogens with one attached hydrogen (secondary N) is 1. The number of nitrogens with zero attached hydrogens (tertiary/aromatic N) is 3. The van der Waals surface area contributed by atoms with Gasteiger partial charge in [-0.05, 0) is 37.3 Å². The summed E-state index contributed by atoms with van der Waals surface area (Å²) in [7, 11) is 0. The first-order valence-electron chi connectivity index (χ1n) is 9.29. The Morgan fingerprint density at radius 1 is 1.21 bits per heavy atom. The normalized spacial score (nSPS) is 14.4. The summed E-state index contributed by atoms with van der Waals surface area (Å²) in [6, 6.07) is 14.9. The van der Waals surface area contributed by atoms with Crippen molar-refractivity contribution >= 4 is 28.9 Å². The number of para-hydroxylation sites is 2. The lowest BCUT2D eigenvalue weighted by atomic mass is 10.2. The summed E-state index contributed by atoms with van der Waals surface area (Å²) >= 11 is 6.01. The molecule has 3 rings (SSSR count). The van der Waals surface area contributed by atoms with Gasteiger partial charge in [-0.1, -0.05) is 23.7 Å². The first kappa shape index (κ1) is 20.0. The average Bonchev–Trinajstić information content (AvgIpc) is 2.69. The number of halogens is 1.